The fraction of sp³-hybridized carbons (Fsp3) is 0.421. The number of aromatic nitrogens is 2. The number of carbonyl (C=O) groups is 1. The largest absolute Gasteiger partial charge is 0.495 e. The van der Waals surface area contributed by atoms with Gasteiger partial charge in [-0.15, -0.1) is 0 Å². The molecule has 28 heavy (non-hydrogen) atoms. The molecule has 9 heteroatoms. The fourth-order valence-corrected chi connectivity index (χ4v) is 4.13. The highest BCUT2D eigenvalue weighted by Gasteiger charge is 2.20. The zero-order valence-corrected chi connectivity index (χ0v) is 18.6. The van der Waals surface area contributed by atoms with Gasteiger partial charge < -0.3 is 15.0 Å². The minimum atomic E-state index is -0.406. The standard InChI is InChI=1S/C19H24ClN3O3S2/c1-5-16(18(25)21-12-6-7-15(26-4)14(20)8-12)28-19-22-13(9-17(24)23-19)10-27-11(2)3/h6-9,11,16H,5,10H2,1-4H3,(H,21,25)(H,22,23,24). The molecule has 1 aromatic heterocycles. The number of thioether (sulfide) groups is 2. The van der Waals surface area contributed by atoms with E-state index < -0.39 is 5.25 Å². The second kappa shape index (κ2) is 10.8. The van der Waals surface area contributed by atoms with Crippen molar-refractivity contribution in [1.82, 2.24) is 9.97 Å². The molecule has 1 amide bonds. The van der Waals surface area contributed by atoms with E-state index in [0.29, 0.717) is 44.7 Å². The maximum atomic E-state index is 12.7. The quantitative estimate of drug-likeness (QED) is 0.437. The van der Waals surface area contributed by atoms with Crippen molar-refractivity contribution in [2.24, 2.45) is 0 Å². The van der Waals surface area contributed by atoms with Crippen molar-refractivity contribution in [3.63, 3.8) is 0 Å². The first-order valence-corrected chi connectivity index (χ1v) is 11.2. The third kappa shape index (κ3) is 6.76. The van der Waals surface area contributed by atoms with Crippen molar-refractivity contribution < 1.29 is 9.53 Å². The first kappa shape index (κ1) is 22.6. The number of anilines is 1. The van der Waals surface area contributed by atoms with Crippen LogP contribution in [0.1, 0.15) is 32.9 Å². The maximum absolute atomic E-state index is 12.7. The number of nitrogens with zero attached hydrogens (tertiary/aromatic N) is 1. The third-order valence-electron chi connectivity index (χ3n) is 3.67. The van der Waals surface area contributed by atoms with Crippen molar-refractivity contribution in [3.05, 3.63) is 45.3 Å². The summed E-state index contributed by atoms with van der Waals surface area (Å²) in [7, 11) is 1.53. The highest BCUT2D eigenvalue weighted by Crippen LogP contribution is 2.28. The molecule has 0 spiro atoms. The molecule has 2 rings (SSSR count). The fourth-order valence-electron chi connectivity index (χ4n) is 2.29. The number of rotatable bonds is 9. The second-order valence-electron chi connectivity index (χ2n) is 6.25. The van der Waals surface area contributed by atoms with E-state index in [0.717, 1.165) is 0 Å². The minimum absolute atomic E-state index is 0.182. The van der Waals surface area contributed by atoms with Gasteiger partial charge in [0, 0.05) is 17.5 Å². The lowest BCUT2D eigenvalue weighted by molar-refractivity contribution is -0.115. The Morgan fingerprint density at radius 2 is 2.11 bits per heavy atom. The number of halogens is 1. The van der Waals surface area contributed by atoms with E-state index in [-0.39, 0.29) is 11.5 Å². The van der Waals surface area contributed by atoms with Gasteiger partial charge >= 0.3 is 0 Å². The Balaban J connectivity index is 2.09. The molecular weight excluding hydrogens is 418 g/mol. The van der Waals surface area contributed by atoms with Crippen LogP contribution < -0.4 is 15.6 Å². The van der Waals surface area contributed by atoms with Crippen LogP contribution in [0.5, 0.6) is 5.75 Å². The monoisotopic (exact) mass is 441 g/mol. The van der Waals surface area contributed by atoms with Gasteiger partial charge in [-0.3, -0.25) is 9.59 Å². The van der Waals surface area contributed by atoms with Crippen LogP contribution in [-0.2, 0) is 10.5 Å². The number of hydrogen-bond donors (Lipinski definition) is 2. The summed E-state index contributed by atoms with van der Waals surface area (Å²) < 4.78 is 5.12. The average Bonchev–Trinajstić information content (AvgIpc) is 2.64. The highest BCUT2D eigenvalue weighted by molar-refractivity contribution is 8.00. The zero-order chi connectivity index (χ0) is 20.7. The summed E-state index contributed by atoms with van der Waals surface area (Å²) in [5.74, 6) is 1.01. The predicted octanol–water partition coefficient (Wildman–Crippen LogP) is 4.58. The molecular formula is C19H24ClN3O3S2. The number of carbonyl (C=O) groups excluding carboxylic acids is 1. The van der Waals surface area contributed by atoms with E-state index >= 15 is 0 Å². The predicted molar refractivity (Wildman–Crippen MR) is 118 cm³/mol. The van der Waals surface area contributed by atoms with Gasteiger partial charge in [-0.2, -0.15) is 11.8 Å². The van der Waals surface area contributed by atoms with Crippen LogP contribution in [0.4, 0.5) is 5.69 Å². The Morgan fingerprint density at radius 1 is 1.36 bits per heavy atom. The van der Waals surface area contributed by atoms with Crippen LogP contribution in [0.3, 0.4) is 0 Å². The zero-order valence-electron chi connectivity index (χ0n) is 16.2. The molecule has 0 bridgehead atoms. The Kier molecular flexibility index (Phi) is 8.72. The number of methoxy groups -OCH3 is 1. The van der Waals surface area contributed by atoms with Crippen molar-refractivity contribution in [2.45, 2.75) is 48.6 Å². The lowest BCUT2D eigenvalue weighted by Crippen LogP contribution is -2.25. The lowest BCUT2D eigenvalue weighted by atomic mass is 10.2. The summed E-state index contributed by atoms with van der Waals surface area (Å²) in [5.41, 5.74) is 1.08. The highest BCUT2D eigenvalue weighted by atomic mass is 35.5. The lowest BCUT2D eigenvalue weighted by Gasteiger charge is -2.15. The molecule has 152 valence electrons. The van der Waals surface area contributed by atoms with Gasteiger partial charge in [-0.25, -0.2) is 4.98 Å². The molecule has 0 radical (unpaired) electrons. The molecule has 0 saturated carbocycles. The molecule has 0 aliphatic carbocycles. The summed E-state index contributed by atoms with van der Waals surface area (Å²) in [6.07, 6.45) is 0.578. The van der Waals surface area contributed by atoms with Crippen molar-refractivity contribution in [1.29, 1.82) is 0 Å². The molecule has 0 aliphatic heterocycles. The molecule has 6 nitrogen and oxygen atoms in total. The van der Waals surface area contributed by atoms with Crippen molar-refractivity contribution in [3.8, 4) is 5.75 Å². The Labute approximate surface area is 178 Å². The van der Waals surface area contributed by atoms with E-state index in [4.69, 9.17) is 16.3 Å². The molecule has 0 aliphatic rings. The van der Waals surface area contributed by atoms with E-state index in [1.165, 1.54) is 24.9 Å². The van der Waals surface area contributed by atoms with Gasteiger partial charge in [-0.05, 0) is 29.9 Å². The van der Waals surface area contributed by atoms with E-state index in [1.807, 2.05) is 6.92 Å². The Morgan fingerprint density at radius 3 is 2.71 bits per heavy atom. The molecule has 0 fully saturated rings. The van der Waals surface area contributed by atoms with Gasteiger partial charge in [-0.1, -0.05) is 44.1 Å². The number of aromatic amines is 1. The van der Waals surface area contributed by atoms with Gasteiger partial charge in [0.2, 0.25) is 5.91 Å². The van der Waals surface area contributed by atoms with Crippen LogP contribution in [0.2, 0.25) is 5.02 Å². The van der Waals surface area contributed by atoms with Gasteiger partial charge in [0.25, 0.3) is 5.56 Å². The minimum Gasteiger partial charge on any atom is -0.495 e. The van der Waals surface area contributed by atoms with E-state index in [9.17, 15) is 9.59 Å². The molecule has 0 saturated heterocycles. The molecule has 1 unspecified atom stereocenters. The summed E-state index contributed by atoms with van der Waals surface area (Å²) in [5, 5.41) is 3.76. The first-order chi connectivity index (χ1) is 13.3. The number of ether oxygens (including phenoxy) is 1. The van der Waals surface area contributed by atoms with Crippen LogP contribution in [0, 0.1) is 0 Å². The van der Waals surface area contributed by atoms with Crippen LogP contribution in [0.25, 0.3) is 0 Å². The van der Waals surface area contributed by atoms with Gasteiger partial charge in [0.15, 0.2) is 5.16 Å². The SMILES string of the molecule is CCC(Sc1nc(CSC(C)C)cc(=O)[nH]1)C(=O)Nc1ccc(OC)c(Cl)c1. The van der Waals surface area contributed by atoms with Crippen LogP contribution >= 0.6 is 35.1 Å². The number of benzene rings is 1. The topological polar surface area (TPSA) is 84.1 Å². The van der Waals surface area contributed by atoms with Crippen molar-refractivity contribution in [2.75, 3.05) is 12.4 Å². The number of amides is 1. The summed E-state index contributed by atoms with van der Waals surface area (Å²) in [6.45, 7) is 6.10. The number of hydrogen-bond acceptors (Lipinski definition) is 6. The molecule has 2 aromatic rings. The normalized spacial score (nSPS) is 12.1. The average molecular weight is 442 g/mol. The van der Waals surface area contributed by atoms with Gasteiger partial charge in [0.1, 0.15) is 5.75 Å². The molecule has 1 heterocycles. The first-order valence-electron chi connectivity index (χ1n) is 8.85. The smallest absolute Gasteiger partial charge is 0.251 e. The number of nitrogens with one attached hydrogen (secondary N) is 2. The maximum Gasteiger partial charge on any atom is 0.251 e. The van der Waals surface area contributed by atoms with Gasteiger partial charge in [0.05, 0.1) is 23.1 Å². The molecule has 2 N–H and O–H groups in total. The molecule has 1 atom stereocenters. The summed E-state index contributed by atoms with van der Waals surface area (Å²) in [4.78, 5) is 31.8. The Bertz CT molecular complexity index is 874. The summed E-state index contributed by atoms with van der Waals surface area (Å²) in [6, 6.07) is 6.56. The second-order valence-corrected chi connectivity index (χ2v) is 9.42. The van der Waals surface area contributed by atoms with Crippen LogP contribution in [0.15, 0.2) is 34.2 Å². The summed E-state index contributed by atoms with van der Waals surface area (Å²) >= 11 is 9.07. The van der Waals surface area contributed by atoms with E-state index in [1.54, 1.807) is 30.0 Å². The Hall–Kier alpha value is -1.64. The number of H-pyrrole nitrogens is 1. The molecule has 1 aromatic carbocycles. The van der Waals surface area contributed by atoms with Crippen LogP contribution in [-0.4, -0.2) is 33.5 Å². The van der Waals surface area contributed by atoms with E-state index in [2.05, 4.69) is 29.1 Å². The van der Waals surface area contributed by atoms with Crippen molar-refractivity contribution >= 4 is 46.7 Å². The third-order valence-corrected chi connectivity index (χ3v) is 6.35.